The van der Waals surface area contributed by atoms with E-state index in [2.05, 4.69) is 10.6 Å². The zero-order chi connectivity index (χ0) is 21.0. The molecule has 2 aromatic rings. The molecule has 1 unspecified atom stereocenters. The lowest BCUT2D eigenvalue weighted by Gasteiger charge is -2.30. The van der Waals surface area contributed by atoms with Crippen LogP contribution in [-0.4, -0.2) is 17.2 Å². The summed E-state index contributed by atoms with van der Waals surface area (Å²) in [6, 6.07) is 13.2. The van der Waals surface area contributed by atoms with Gasteiger partial charge in [0.25, 0.3) is 0 Å². The molecule has 1 aliphatic heterocycles. The van der Waals surface area contributed by atoms with Gasteiger partial charge < -0.3 is 20.1 Å². The van der Waals surface area contributed by atoms with Crippen LogP contribution < -0.4 is 15.4 Å². The van der Waals surface area contributed by atoms with Crippen molar-refractivity contribution in [1.29, 1.82) is 0 Å². The summed E-state index contributed by atoms with van der Waals surface area (Å²) in [4.78, 5) is 12.6. The highest BCUT2D eigenvalue weighted by molar-refractivity contribution is 7.80. The highest BCUT2D eigenvalue weighted by Gasteiger charge is 2.31. The van der Waals surface area contributed by atoms with E-state index in [-0.39, 0.29) is 17.9 Å². The van der Waals surface area contributed by atoms with E-state index >= 15 is 0 Å². The summed E-state index contributed by atoms with van der Waals surface area (Å²) in [6.45, 7) is 5.76. The highest BCUT2D eigenvalue weighted by atomic mass is 32.1. The largest absolute Gasteiger partial charge is 0.489 e. The van der Waals surface area contributed by atoms with Gasteiger partial charge >= 0.3 is 5.97 Å². The molecule has 0 saturated carbocycles. The Morgan fingerprint density at radius 1 is 1.14 bits per heavy atom. The van der Waals surface area contributed by atoms with Gasteiger partial charge in [-0.3, -0.25) is 0 Å². The fourth-order valence-corrected chi connectivity index (χ4v) is 3.27. The predicted molar refractivity (Wildman–Crippen MR) is 113 cm³/mol. The van der Waals surface area contributed by atoms with Gasteiger partial charge in [-0.2, -0.15) is 0 Å². The zero-order valence-electron chi connectivity index (χ0n) is 16.5. The number of carbonyl (C=O) groups is 1. The van der Waals surface area contributed by atoms with Crippen molar-refractivity contribution in [2.75, 3.05) is 0 Å². The normalized spacial score (nSPS) is 16.3. The minimum absolute atomic E-state index is 0.223. The molecule has 7 heteroatoms. The second kappa shape index (κ2) is 9.05. The van der Waals surface area contributed by atoms with E-state index in [1.54, 1.807) is 19.1 Å². The predicted octanol–water partition coefficient (Wildman–Crippen LogP) is 4.15. The van der Waals surface area contributed by atoms with Crippen LogP contribution in [0.1, 0.15) is 37.9 Å². The van der Waals surface area contributed by atoms with Crippen LogP contribution in [0.5, 0.6) is 5.75 Å². The van der Waals surface area contributed by atoms with Crippen LogP contribution in [0.4, 0.5) is 4.39 Å². The van der Waals surface area contributed by atoms with Gasteiger partial charge in [0.05, 0.1) is 17.7 Å². The van der Waals surface area contributed by atoms with Gasteiger partial charge in [-0.1, -0.05) is 24.3 Å². The molecule has 2 aromatic carbocycles. The molecule has 0 spiro atoms. The van der Waals surface area contributed by atoms with Crippen molar-refractivity contribution in [1.82, 2.24) is 10.6 Å². The average Bonchev–Trinajstić information content (AvgIpc) is 2.66. The Labute approximate surface area is 174 Å². The van der Waals surface area contributed by atoms with Gasteiger partial charge in [0.2, 0.25) is 0 Å². The SMILES string of the molecule is CC1=C(C(=O)OC(C)C)C(c2ccc(OCc3ccc(F)cc3)cc2)NC(=S)N1. The molecule has 0 aliphatic carbocycles. The monoisotopic (exact) mass is 414 g/mol. The number of halogens is 1. The topological polar surface area (TPSA) is 59.6 Å². The first-order valence-electron chi connectivity index (χ1n) is 9.30. The highest BCUT2D eigenvalue weighted by Crippen LogP contribution is 2.29. The summed E-state index contributed by atoms with van der Waals surface area (Å²) < 4.78 is 24.1. The van der Waals surface area contributed by atoms with Gasteiger partial charge in [-0.15, -0.1) is 0 Å². The van der Waals surface area contributed by atoms with Crippen molar-refractivity contribution in [2.24, 2.45) is 0 Å². The number of nitrogens with one attached hydrogen (secondary N) is 2. The Balaban J connectivity index is 1.75. The van der Waals surface area contributed by atoms with Crippen molar-refractivity contribution in [2.45, 2.75) is 39.5 Å². The molecule has 1 heterocycles. The lowest BCUT2D eigenvalue weighted by molar-refractivity contribution is -0.143. The maximum absolute atomic E-state index is 13.0. The molecule has 0 bridgehead atoms. The summed E-state index contributed by atoms with van der Waals surface area (Å²) >= 11 is 5.26. The molecule has 0 saturated heterocycles. The van der Waals surface area contributed by atoms with E-state index in [9.17, 15) is 9.18 Å². The summed E-state index contributed by atoms with van der Waals surface area (Å²) in [5.74, 6) is 0.00358. The summed E-state index contributed by atoms with van der Waals surface area (Å²) in [7, 11) is 0. The first kappa shape index (κ1) is 20.8. The molecular formula is C22H23FN2O3S. The lowest BCUT2D eigenvalue weighted by Crippen LogP contribution is -2.45. The van der Waals surface area contributed by atoms with Crippen LogP contribution >= 0.6 is 12.2 Å². The van der Waals surface area contributed by atoms with Crippen molar-refractivity contribution in [3.63, 3.8) is 0 Å². The number of hydrogen-bond acceptors (Lipinski definition) is 4. The summed E-state index contributed by atoms with van der Waals surface area (Å²) in [5.41, 5.74) is 2.89. The van der Waals surface area contributed by atoms with Crippen molar-refractivity contribution < 1.29 is 18.7 Å². The molecule has 0 aromatic heterocycles. The van der Waals surface area contributed by atoms with E-state index in [0.29, 0.717) is 28.7 Å². The third kappa shape index (κ3) is 5.32. The van der Waals surface area contributed by atoms with Crippen molar-refractivity contribution in [3.8, 4) is 5.75 Å². The van der Waals surface area contributed by atoms with Gasteiger partial charge in [0, 0.05) is 5.70 Å². The molecule has 3 rings (SSSR count). The number of rotatable bonds is 6. The van der Waals surface area contributed by atoms with Crippen LogP contribution in [0.2, 0.25) is 0 Å². The molecular weight excluding hydrogens is 391 g/mol. The molecule has 29 heavy (non-hydrogen) atoms. The number of thiocarbonyl (C=S) groups is 1. The Hall–Kier alpha value is -2.93. The maximum atomic E-state index is 13.0. The van der Waals surface area contributed by atoms with Gasteiger partial charge in [-0.25, -0.2) is 9.18 Å². The third-order valence-corrected chi connectivity index (χ3v) is 4.58. The number of benzene rings is 2. The number of allylic oxidation sites excluding steroid dienone is 1. The molecule has 1 atom stereocenters. The van der Waals surface area contributed by atoms with E-state index in [4.69, 9.17) is 21.7 Å². The number of esters is 1. The maximum Gasteiger partial charge on any atom is 0.338 e. The summed E-state index contributed by atoms with van der Waals surface area (Å²) in [6.07, 6.45) is -0.223. The number of ether oxygens (including phenoxy) is 2. The number of hydrogen-bond donors (Lipinski definition) is 2. The molecule has 2 N–H and O–H groups in total. The number of carbonyl (C=O) groups excluding carboxylic acids is 1. The minimum Gasteiger partial charge on any atom is -0.489 e. The summed E-state index contributed by atoms with van der Waals surface area (Å²) in [5, 5.41) is 6.57. The quantitative estimate of drug-likeness (QED) is 0.547. The molecule has 0 amide bonds. The first-order chi connectivity index (χ1) is 13.8. The average molecular weight is 415 g/mol. The molecule has 5 nitrogen and oxygen atoms in total. The molecule has 0 fully saturated rings. The molecule has 0 radical (unpaired) electrons. The van der Waals surface area contributed by atoms with E-state index < -0.39 is 6.04 Å². The van der Waals surface area contributed by atoms with E-state index in [1.807, 2.05) is 38.1 Å². The van der Waals surface area contributed by atoms with E-state index in [0.717, 1.165) is 11.1 Å². The van der Waals surface area contributed by atoms with E-state index in [1.165, 1.54) is 12.1 Å². The standard InChI is InChI=1S/C22H23FN2O3S/c1-13(2)28-21(26)19-14(3)24-22(29)25-20(19)16-6-10-18(11-7-16)27-12-15-4-8-17(23)9-5-15/h4-11,13,20H,12H2,1-3H3,(H2,24,25,29). The Morgan fingerprint density at radius 2 is 1.79 bits per heavy atom. The fraction of sp³-hybridized carbons (Fsp3) is 0.273. The van der Waals surface area contributed by atoms with Crippen LogP contribution in [0.25, 0.3) is 0 Å². The molecule has 1 aliphatic rings. The van der Waals surface area contributed by atoms with Crippen LogP contribution in [0.3, 0.4) is 0 Å². The van der Waals surface area contributed by atoms with Gasteiger partial charge in [0.1, 0.15) is 18.2 Å². The van der Waals surface area contributed by atoms with Crippen LogP contribution in [-0.2, 0) is 16.1 Å². The smallest absolute Gasteiger partial charge is 0.338 e. The Bertz CT molecular complexity index is 924. The second-order valence-corrected chi connectivity index (χ2v) is 7.42. The minimum atomic E-state index is -0.416. The fourth-order valence-electron chi connectivity index (χ4n) is 3.00. The molecule has 152 valence electrons. The van der Waals surface area contributed by atoms with Crippen molar-refractivity contribution >= 4 is 23.3 Å². The van der Waals surface area contributed by atoms with Gasteiger partial charge in [-0.05, 0) is 68.4 Å². The Kier molecular flexibility index (Phi) is 6.49. The van der Waals surface area contributed by atoms with Crippen LogP contribution in [0, 0.1) is 5.82 Å². The van der Waals surface area contributed by atoms with Crippen LogP contribution in [0.15, 0.2) is 59.8 Å². The lowest BCUT2D eigenvalue weighted by atomic mass is 9.95. The third-order valence-electron chi connectivity index (χ3n) is 4.36. The zero-order valence-corrected chi connectivity index (χ0v) is 17.3. The van der Waals surface area contributed by atoms with Crippen molar-refractivity contribution in [3.05, 3.63) is 76.7 Å². The van der Waals surface area contributed by atoms with Gasteiger partial charge in [0.15, 0.2) is 5.11 Å². The first-order valence-corrected chi connectivity index (χ1v) is 9.71. The Morgan fingerprint density at radius 3 is 2.41 bits per heavy atom. The second-order valence-electron chi connectivity index (χ2n) is 7.01.